The number of benzene rings is 2. The predicted molar refractivity (Wildman–Crippen MR) is 122 cm³/mol. The van der Waals surface area contributed by atoms with Gasteiger partial charge in [0.1, 0.15) is 5.82 Å². The molecule has 0 amide bonds. The van der Waals surface area contributed by atoms with Gasteiger partial charge in [-0.3, -0.25) is 5.41 Å². The van der Waals surface area contributed by atoms with Crippen molar-refractivity contribution in [3.63, 3.8) is 0 Å². The number of rotatable bonds is 6. The van der Waals surface area contributed by atoms with E-state index in [1.807, 2.05) is 6.92 Å². The first-order valence-electron chi connectivity index (χ1n) is 10.1. The monoisotopic (exact) mass is 452 g/mol. The van der Waals surface area contributed by atoms with Crippen molar-refractivity contribution in [3.05, 3.63) is 58.9 Å². The number of ether oxygens (including phenoxy) is 1. The zero-order valence-electron chi connectivity index (χ0n) is 19.0. The summed E-state index contributed by atoms with van der Waals surface area (Å²) in [5.41, 5.74) is 5.94. The number of nitrogens with two attached hydrogens (primary N) is 1. The number of aliphatic hydroxyl groups is 1. The standard InChI is InChI=1S/C18H19F3N4O2.C5H12/c1-2-10-3-6-14(13(20)9-10)25-16-11(4-5-12(19)15(16)21)17(22)27-18(23)24-7-8-26;1-5(2,3)4/h3-6,9,22,25-26H,2,7-8H2,1H3,(H2,23,24);1-4H3. The Balaban J connectivity index is 0.000000920. The van der Waals surface area contributed by atoms with Crippen LogP contribution in [0.3, 0.4) is 0 Å². The summed E-state index contributed by atoms with van der Waals surface area (Å²) in [6, 6.07) is 5.79. The van der Waals surface area contributed by atoms with Crippen molar-refractivity contribution in [3.8, 4) is 0 Å². The molecule has 176 valence electrons. The molecule has 0 saturated carbocycles. The van der Waals surface area contributed by atoms with Crippen LogP contribution in [0.2, 0.25) is 0 Å². The predicted octanol–water partition coefficient (Wildman–Crippen LogP) is 5.11. The molecule has 0 atom stereocenters. The van der Waals surface area contributed by atoms with Gasteiger partial charge in [0.25, 0.3) is 6.02 Å². The number of aliphatic imine (C=N–C) groups is 1. The van der Waals surface area contributed by atoms with Crippen LogP contribution < -0.4 is 11.1 Å². The quantitative estimate of drug-likeness (QED) is 0.361. The largest absolute Gasteiger partial charge is 0.407 e. The van der Waals surface area contributed by atoms with Crippen LogP contribution in [0.5, 0.6) is 0 Å². The topological polar surface area (TPSA) is 104 Å². The van der Waals surface area contributed by atoms with Gasteiger partial charge in [-0.05, 0) is 41.7 Å². The number of aliphatic hydroxyl groups excluding tert-OH is 1. The Morgan fingerprint density at radius 1 is 1.12 bits per heavy atom. The molecule has 0 aliphatic heterocycles. The lowest BCUT2D eigenvalue weighted by Gasteiger charge is -2.15. The Bertz CT molecular complexity index is 951. The van der Waals surface area contributed by atoms with Gasteiger partial charge in [0, 0.05) is 0 Å². The smallest absolute Gasteiger partial charge is 0.288 e. The van der Waals surface area contributed by atoms with Crippen LogP contribution >= 0.6 is 0 Å². The highest BCUT2D eigenvalue weighted by molar-refractivity contribution is 6.03. The number of nitrogens with zero attached hydrogens (tertiary/aromatic N) is 1. The van der Waals surface area contributed by atoms with E-state index in [0.29, 0.717) is 11.8 Å². The molecule has 2 aromatic rings. The number of aryl methyl sites for hydroxylation is 1. The summed E-state index contributed by atoms with van der Waals surface area (Å²) < 4.78 is 47.2. The zero-order chi connectivity index (χ0) is 24.5. The van der Waals surface area contributed by atoms with Gasteiger partial charge in [0.15, 0.2) is 11.6 Å². The molecule has 0 saturated heterocycles. The number of nitrogens with one attached hydrogen (secondary N) is 2. The molecule has 32 heavy (non-hydrogen) atoms. The van der Waals surface area contributed by atoms with Crippen LogP contribution in [0.1, 0.15) is 45.7 Å². The summed E-state index contributed by atoms with van der Waals surface area (Å²) in [7, 11) is 0. The summed E-state index contributed by atoms with van der Waals surface area (Å²) >= 11 is 0. The van der Waals surface area contributed by atoms with E-state index in [1.54, 1.807) is 6.07 Å². The average Bonchev–Trinajstić information content (AvgIpc) is 2.69. The van der Waals surface area contributed by atoms with Crippen LogP contribution in [0, 0.1) is 28.3 Å². The second-order valence-electron chi connectivity index (χ2n) is 8.45. The van der Waals surface area contributed by atoms with Crippen LogP contribution in [0.4, 0.5) is 24.5 Å². The minimum atomic E-state index is -1.30. The molecule has 9 heteroatoms. The molecule has 0 heterocycles. The van der Waals surface area contributed by atoms with E-state index in [2.05, 4.69) is 38.0 Å². The van der Waals surface area contributed by atoms with E-state index in [0.717, 1.165) is 17.7 Å². The van der Waals surface area contributed by atoms with E-state index >= 15 is 0 Å². The number of anilines is 2. The third-order valence-corrected chi connectivity index (χ3v) is 3.62. The maximum atomic E-state index is 14.3. The van der Waals surface area contributed by atoms with Crippen LogP contribution in [0.15, 0.2) is 35.3 Å². The third-order valence-electron chi connectivity index (χ3n) is 3.62. The summed E-state index contributed by atoms with van der Waals surface area (Å²) in [4.78, 5) is 3.63. The molecule has 0 fully saturated rings. The Labute approximate surface area is 186 Å². The number of hydrogen-bond acceptors (Lipinski definition) is 5. The SMILES string of the molecule is CC(C)(C)C.CCc1ccc(Nc2c(C(=N)OC(N)=NCCO)ccc(F)c2F)c(F)c1. The molecular formula is C23H31F3N4O2. The molecule has 0 unspecified atom stereocenters. The number of amidine groups is 1. The molecule has 2 aromatic carbocycles. The maximum absolute atomic E-state index is 14.3. The van der Waals surface area contributed by atoms with Gasteiger partial charge in [-0.1, -0.05) is 40.7 Å². The summed E-state index contributed by atoms with van der Waals surface area (Å²) in [5, 5.41) is 19.1. The second kappa shape index (κ2) is 12.1. The Kier molecular flexibility index (Phi) is 10.2. The average molecular weight is 453 g/mol. The Morgan fingerprint density at radius 3 is 2.28 bits per heavy atom. The fraction of sp³-hybridized carbons (Fsp3) is 0.391. The van der Waals surface area contributed by atoms with E-state index in [4.69, 9.17) is 21.0 Å². The second-order valence-corrected chi connectivity index (χ2v) is 8.45. The van der Waals surface area contributed by atoms with Crippen molar-refractivity contribution in [1.29, 1.82) is 5.41 Å². The van der Waals surface area contributed by atoms with E-state index in [1.165, 1.54) is 12.1 Å². The Morgan fingerprint density at radius 2 is 1.75 bits per heavy atom. The van der Waals surface area contributed by atoms with Gasteiger partial charge in [0.2, 0.25) is 5.90 Å². The zero-order valence-corrected chi connectivity index (χ0v) is 19.0. The van der Waals surface area contributed by atoms with Crippen molar-refractivity contribution >= 4 is 23.3 Å². The van der Waals surface area contributed by atoms with Crippen molar-refractivity contribution in [2.75, 3.05) is 18.5 Å². The van der Waals surface area contributed by atoms with Crippen LogP contribution in [0.25, 0.3) is 0 Å². The fourth-order valence-electron chi connectivity index (χ4n) is 2.23. The minimum Gasteiger partial charge on any atom is -0.407 e. The van der Waals surface area contributed by atoms with Gasteiger partial charge in [-0.15, -0.1) is 0 Å². The lowest BCUT2D eigenvalue weighted by molar-refractivity contribution is 0.305. The molecule has 0 aliphatic rings. The molecule has 0 aromatic heterocycles. The van der Waals surface area contributed by atoms with Crippen LogP contribution in [-0.4, -0.2) is 30.2 Å². The first-order chi connectivity index (χ1) is 14.9. The molecule has 6 nitrogen and oxygen atoms in total. The molecule has 0 aliphatic carbocycles. The van der Waals surface area contributed by atoms with E-state index in [-0.39, 0.29) is 24.4 Å². The molecule has 0 bridgehead atoms. The number of hydrogen-bond donors (Lipinski definition) is 4. The van der Waals surface area contributed by atoms with Crippen molar-refractivity contribution < 1.29 is 23.0 Å². The summed E-state index contributed by atoms with van der Waals surface area (Å²) in [5.74, 6) is -3.76. The van der Waals surface area contributed by atoms with Gasteiger partial charge < -0.3 is 20.9 Å². The minimum absolute atomic E-state index is 0.0447. The Hall–Kier alpha value is -3.07. The number of halogens is 3. The third kappa shape index (κ3) is 8.97. The summed E-state index contributed by atoms with van der Waals surface area (Å²) in [6.07, 6.45) is 0.613. The van der Waals surface area contributed by atoms with Gasteiger partial charge in [0.05, 0.1) is 30.1 Å². The van der Waals surface area contributed by atoms with Gasteiger partial charge in [-0.25, -0.2) is 18.2 Å². The first kappa shape index (κ1) is 27.0. The highest BCUT2D eigenvalue weighted by atomic mass is 19.2. The molecular weight excluding hydrogens is 421 g/mol. The van der Waals surface area contributed by atoms with Gasteiger partial charge >= 0.3 is 0 Å². The highest BCUT2D eigenvalue weighted by Crippen LogP contribution is 2.29. The normalized spacial score (nSPS) is 11.5. The lowest BCUT2D eigenvalue weighted by Crippen LogP contribution is -2.22. The lowest BCUT2D eigenvalue weighted by atomic mass is 10.0. The van der Waals surface area contributed by atoms with E-state index < -0.39 is 35.1 Å². The summed E-state index contributed by atoms with van der Waals surface area (Å²) in [6.45, 7) is 10.3. The molecule has 0 spiro atoms. The van der Waals surface area contributed by atoms with Crippen molar-refractivity contribution in [1.82, 2.24) is 0 Å². The molecule has 0 radical (unpaired) electrons. The van der Waals surface area contributed by atoms with Crippen LogP contribution in [-0.2, 0) is 11.2 Å². The molecule has 2 rings (SSSR count). The van der Waals surface area contributed by atoms with Gasteiger partial charge in [-0.2, -0.15) is 0 Å². The highest BCUT2D eigenvalue weighted by Gasteiger charge is 2.20. The molecule has 5 N–H and O–H groups in total. The van der Waals surface area contributed by atoms with E-state index in [9.17, 15) is 13.2 Å². The van der Waals surface area contributed by atoms with Crippen molar-refractivity contribution in [2.24, 2.45) is 16.1 Å². The van der Waals surface area contributed by atoms with Crippen molar-refractivity contribution in [2.45, 2.75) is 41.0 Å². The first-order valence-corrected chi connectivity index (χ1v) is 10.1. The maximum Gasteiger partial charge on any atom is 0.288 e. The fourth-order valence-corrected chi connectivity index (χ4v) is 2.23.